The molecule has 2 N–H and O–H groups in total. The first-order chi connectivity index (χ1) is 21.6. The van der Waals surface area contributed by atoms with Crippen LogP contribution in [0.5, 0.6) is 0 Å². The summed E-state index contributed by atoms with van der Waals surface area (Å²) < 4.78 is 47.7. The molecule has 0 saturated carbocycles. The van der Waals surface area contributed by atoms with Gasteiger partial charge < -0.3 is 34.8 Å². The summed E-state index contributed by atoms with van der Waals surface area (Å²) in [5.74, 6) is 0.609. The molecule has 240 valence electrons. The number of aliphatic hydroxyl groups is 1. The number of morpholine rings is 1. The Kier molecular flexibility index (Phi) is 8.85. The largest absolute Gasteiger partial charge is 0.416 e. The number of aromatic nitrogens is 2. The lowest BCUT2D eigenvalue weighted by Crippen LogP contribution is -2.51. The summed E-state index contributed by atoms with van der Waals surface area (Å²) in [6.07, 6.45) is -3.31. The van der Waals surface area contributed by atoms with E-state index in [4.69, 9.17) is 9.72 Å². The second kappa shape index (κ2) is 12.8. The van der Waals surface area contributed by atoms with E-state index >= 15 is 0 Å². The van der Waals surface area contributed by atoms with Gasteiger partial charge in [-0.15, -0.1) is 0 Å². The van der Waals surface area contributed by atoms with Crippen LogP contribution in [-0.4, -0.2) is 104 Å². The zero-order chi connectivity index (χ0) is 31.7. The van der Waals surface area contributed by atoms with Crippen molar-refractivity contribution in [2.45, 2.75) is 26.1 Å². The van der Waals surface area contributed by atoms with Crippen LogP contribution in [-0.2, 0) is 10.9 Å². The highest BCUT2D eigenvalue weighted by Crippen LogP contribution is 2.36. The predicted octanol–water partition coefficient (Wildman–Crippen LogP) is 3.88. The monoisotopic (exact) mass is 625 g/mol. The lowest BCUT2D eigenvalue weighted by Gasteiger charge is -2.37. The van der Waals surface area contributed by atoms with Gasteiger partial charge in [-0.25, -0.2) is 9.97 Å². The molecule has 2 aromatic heterocycles. The van der Waals surface area contributed by atoms with Crippen molar-refractivity contribution in [1.82, 2.24) is 14.9 Å². The second-order valence-electron chi connectivity index (χ2n) is 11.7. The number of aryl methyl sites for hydroxylation is 1. The first kappa shape index (κ1) is 31.1. The maximum atomic E-state index is 14.0. The molecule has 3 saturated heterocycles. The molecule has 3 aliphatic heterocycles. The quantitative estimate of drug-likeness (QED) is 0.406. The topological polar surface area (TPSA) is 97.3 Å². The Morgan fingerprint density at radius 3 is 2.40 bits per heavy atom. The van der Waals surface area contributed by atoms with Crippen LogP contribution in [0.15, 0.2) is 42.6 Å². The third-order valence-electron chi connectivity index (χ3n) is 8.69. The maximum Gasteiger partial charge on any atom is 0.416 e. The van der Waals surface area contributed by atoms with Crippen molar-refractivity contribution in [3.63, 3.8) is 0 Å². The molecule has 0 spiro atoms. The molecule has 1 amide bonds. The number of alkyl halides is 3. The number of carbonyl (C=O) groups excluding carboxylic acids is 1. The van der Waals surface area contributed by atoms with Crippen LogP contribution in [0, 0.1) is 6.92 Å². The molecule has 0 unspecified atom stereocenters. The Labute approximate surface area is 260 Å². The predicted molar refractivity (Wildman–Crippen MR) is 167 cm³/mol. The Morgan fingerprint density at radius 1 is 1.00 bits per heavy atom. The number of anilines is 4. The number of ether oxygens (including phenoxy) is 1. The number of aliphatic hydroxyl groups excluding tert-OH is 1. The average molecular weight is 626 g/mol. The van der Waals surface area contributed by atoms with E-state index in [1.165, 1.54) is 0 Å². The summed E-state index contributed by atoms with van der Waals surface area (Å²) in [6.45, 7) is 10.6. The summed E-state index contributed by atoms with van der Waals surface area (Å²) in [5, 5.41) is 12.7. The summed E-state index contributed by atoms with van der Waals surface area (Å²) in [5.41, 5.74) is 2.14. The summed E-state index contributed by atoms with van der Waals surface area (Å²) in [7, 11) is 0. The van der Waals surface area contributed by atoms with Gasteiger partial charge in [-0.2, -0.15) is 13.2 Å². The number of β-amino-alcohol motifs (C(OH)–C–C–N with tert-alkyl or cyclic N) is 1. The van der Waals surface area contributed by atoms with E-state index in [0.29, 0.717) is 69.7 Å². The molecule has 0 atom stereocenters. The number of hydrogen-bond acceptors (Lipinski definition) is 9. The van der Waals surface area contributed by atoms with Crippen molar-refractivity contribution >= 4 is 28.9 Å². The number of nitrogens with one attached hydrogen (secondary N) is 1. The normalized spacial score (nSPS) is 18.2. The molecular weight excluding hydrogens is 587 g/mol. The molecule has 5 heterocycles. The maximum absolute atomic E-state index is 14.0. The first-order valence-electron chi connectivity index (χ1n) is 15.3. The number of pyridine rings is 2. The zero-order valence-electron chi connectivity index (χ0n) is 25.5. The Hall–Kier alpha value is -3.94. The van der Waals surface area contributed by atoms with Crippen LogP contribution in [0.2, 0.25) is 0 Å². The van der Waals surface area contributed by atoms with E-state index in [1.807, 2.05) is 39.8 Å². The summed E-state index contributed by atoms with van der Waals surface area (Å²) >= 11 is 0. The molecule has 0 aliphatic carbocycles. The number of likely N-dealkylation sites (N-methyl/N-ethyl adjacent to an activating group) is 1. The van der Waals surface area contributed by atoms with Crippen molar-refractivity contribution in [3.05, 3.63) is 59.4 Å². The molecule has 1 aromatic carbocycles. The fourth-order valence-corrected chi connectivity index (χ4v) is 6.00. The Bertz CT molecular complexity index is 1530. The van der Waals surface area contributed by atoms with Gasteiger partial charge in [-0.05, 0) is 55.4 Å². The number of halogens is 3. The van der Waals surface area contributed by atoms with E-state index in [9.17, 15) is 23.1 Å². The van der Waals surface area contributed by atoms with Gasteiger partial charge in [0.2, 0.25) is 0 Å². The number of carbonyl (C=O) groups is 1. The SMILES string of the molecule is CCN1CCN(c2cc(C(=O)Nc3cc(-c4ccnc(N5CC(O)C5)c4)c(C)nc3N3CCOCC3)cc(C(F)(F)F)c2)CC1. The zero-order valence-corrected chi connectivity index (χ0v) is 25.5. The number of rotatable bonds is 7. The molecule has 6 rings (SSSR count). The minimum absolute atomic E-state index is 0.0738. The van der Waals surface area contributed by atoms with Crippen LogP contribution >= 0.6 is 0 Å². The van der Waals surface area contributed by atoms with Crippen molar-refractivity contribution in [2.24, 2.45) is 0 Å². The molecular formula is C32H38F3N7O3. The lowest BCUT2D eigenvalue weighted by atomic mass is 10.0. The van der Waals surface area contributed by atoms with Gasteiger partial charge in [-0.1, -0.05) is 6.92 Å². The molecule has 3 aromatic rings. The highest BCUT2D eigenvalue weighted by molar-refractivity contribution is 6.07. The van der Waals surface area contributed by atoms with E-state index in [2.05, 4.69) is 22.1 Å². The highest BCUT2D eigenvalue weighted by Gasteiger charge is 2.33. The molecule has 13 heteroatoms. The van der Waals surface area contributed by atoms with E-state index in [1.54, 1.807) is 12.3 Å². The van der Waals surface area contributed by atoms with Crippen molar-refractivity contribution < 1.29 is 27.8 Å². The first-order valence-corrected chi connectivity index (χ1v) is 15.3. The third kappa shape index (κ3) is 6.85. The van der Waals surface area contributed by atoms with Gasteiger partial charge in [0.05, 0.1) is 30.6 Å². The van der Waals surface area contributed by atoms with Gasteiger partial charge >= 0.3 is 6.18 Å². The average Bonchev–Trinajstić information content (AvgIpc) is 3.03. The van der Waals surface area contributed by atoms with E-state index < -0.39 is 17.6 Å². The van der Waals surface area contributed by atoms with Gasteiger partial charge in [0.25, 0.3) is 5.91 Å². The number of piperazine rings is 1. The third-order valence-corrected chi connectivity index (χ3v) is 8.69. The van der Waals surface area contributed by atoms with Crippen LogP contribution in [0.3, 0.4) is 0 Å². The van der Waals surface area contributed by atoms with Crippen LogP contribution in [0.1, 0.15) is 28.5 Å². The van der Waals surface area contributed by atoms with Crippen molar-refractivity contribution in [1.29, 1.82) is 0 Å². The number of benzene rings is 1. The van der Waals surface area contributed by atoms with Crippen molar-refractivity contribution in [2.75, 3.05) is 92.1 Å². The molecule has 3 fully saturated rings. The minimum atomic E-state index is -4.61. The molecule has 0 bridgehead atoms. The lowest BCUT2D eigenvalue weighted by molar-refractivity contribution is -0.137. The smallest absolute Gasteiger partial charge is 0.389 e. The summed E-state index contributed by atoms with van der Waals surface area (Å²) in [4.78, 5) is 31.3. The van der Waals surface area contributed by atoms with Gasteiger partial charge in [0.15, 0.2) is 5.82 Å². The van der Waals surface area contributed by atoms with E-state index in [-0.39, 0.29) is 11.7 Å². The van der Waals surface area contributed by atoms with Crippen LogP contribution in [0.25, 0.3) is 11.1 Å². The van der Waals surface area contributed by atoms with Crippen LogP contribution < -0.4 is 20.0 Å². The molecule has 3 aliphatic rings. The molecule has 0 radical (unpaired) electrons. The van der Waals surface area contributed by atoms with Gasteiger partial charge in [0.1, 0.15) is 5.82 Å². The standard InChI is InChI=1S/C32H38F3N7O3/c1-3-39-6-8-40(9-7-39)25-15-23(14-24(17-25)32(33,34)35)31(44)38-28-18-27(21(2)37-30(28)41-10-12-45-13-11-41)22-4-5-36-29(16-22)42-19-26(43)20-42/h4-5,14-18,26,43H,3,6-13,19-20H2,1-2H3,(H,38,44). The molecule has 45 heavy (non-hydrogen) atoms. The Balaban J connectivity index is 1.35. The number of amides is 1. The second-order valence-corrected chi connectivity index (χ2v) is 11.7. The number of hydrogen-bond donors (Lipinski definition) is 2. The Morgan fingerprint density at radius 2 is 1.73 bits per heavy atom. The summed E-state index contributed by atoms with van der Waals surface area (Å²) in [6, 6.07) is 9.16. The van der Waals surface area contributed by atoms with Crippen LogP contribution in [0.4, 0.5) is 36.2 Å². The van der Waals surface area contributed by atoms with Crippen molar-refractivity contribution in [3.8, 4) is 11.1 Å². The van der Waals surface area contributed by atoms with Gasteiger partial charge in [0, 0.05) is 81.1 Å². The highest BCUT2D eigenvalue weighted by atomic mass is 19.4. The fraction of sp³-hybridized carbons (Fsp3) is 0.469. The minimum Gasteiger partial charge on any atom is -0.389 e. The van der Waals surface area contributed by atoms with E-state index in [0.717, 1.165) is 54.4 Å². The number of nitrogens with zero attached hydrogens (tertiary/aromatic N) is 6. The fourth-order valence-electron chi connectivity index (χ4n) is 6.00. The molecule has 10 nitrogen and oxygen atoms in total. The van der Waals surface area contributed by atoms with Gasteiger partial charge in [-0.3, -0.25) is 4.79 Å².